The molecular formula is C11H25NOS. The third-order valence-corrected chi connectivity index (χ3v) is 2.72. The van der Waals surface area contributed by atoms with Gasteiger partial charge in [-0.05, 0) is 25.0 Å². The first-order chi connectivity index (χ1) is 6.77. The minimum absolute atomic E-state index is 0.606. The molecule has 0 heterocycles. The molecule has 1 atom stereocenters. The average Bonchev–Trinajstić information content (AvgIpc) is 2.15. The molecule has 0 aliphatic rings. The Labute approximate surface area is 93.7 Å². The zero-order valence-electron chi connectivity index (χ0n) is 9.12. The predicted octanol–water partition coefficient (Wildman–Crippen LogP) is 2.70. The fraction of sp³-hybridized carbons (Fsp3) is 1.00. The van der Waals surface area contributed by atoms with Gasteiger partial charge >= 0.3 is 0 Å². The summed E-state index contributed by atoms with van der Waals surface area (Å²) in [5.41, 5.74) is 5.24. The molecular weight excluding hydrogens is 194 g/mol. The number of hydrogen-bond donors (Lipinski definition) is 3. The van der Waals surface area contributed by atoms with E-state index in [-0.39, 0.29) is 0 Å². The first-order valence-electron chi connectivity index (χ1n) is 5.82. The van der Waals surface area contributed by atoms with Gasteiger partial charge in [-0.1, -0.05) is 38.5 Å². The standard InChI is InChI=1S/C11H25NOS/c12-11(13)9-7-5-3-1-2-4-6-8-10-14/h11,13-14H,1-10,12H2/t11-/m1/s1. The van der Waals surface area contributed by atoms with Gasteiger partial charge in [-0.15, -0.1) is 0 Å². The van der Waals surface area contributed by atoms with Gasteiger partial charge in [-0.25, -0.2) is 0 Å². The van der Waals surface area contributed by atoms with Gasteiger partial charge in [0.05, 0.1) is 0 Å². The highest BCUT2D eigenvalue weighted by atomic mass is 32.1. The van der Waals surface area contributed by atoms with Gasteiger partial charge in [0.2, 0.25) is 0 Å². The highest BCUT2D eigenvalue weighted by Gasteiger charge is 1.95. The summed E-state index contributed by atoms with van der Waals surface area (Å²) in [5.74, 6) is 1.02. The van der Waals surface area contributed by atoms with Crippen molar-refractivity contribution in [1.82, 2.24) is 0 Å². The first-order valence-corrected chi connectivity index (χ1v) is 6.45. The van der Waals surface area contributed by atoms with Gasteiger partial charge < -0.3 is 10.8 Å². The lowest BCUT2D eigenvalue weighted by atomic mass is 10.1. The second-order valence-electron chi connectivity index (χ2n) is 3.91. The zero-order valence-corrected chi connectivity index (χ0v) is 10.0. The Bertz CT molecular complexity index is 109. The van der Waals surface area contributed by atoms with Crippen LogP contribution in [0.2, 0.25) is 0 Å². The molecule has 3 N–H and O–H groups in total. The molecule has 0 aliphatic heterocycles. The summed E-state index contributed by atoms with van der Waals surface area (Å²) in [6.07, 6.45) is 10.3. The van der Waals surface area contributed by atoms with E-state index in [0.717, 1.165) is 18.6 Å². The Morgan fingerprint density at radius 3 is 1.71 bits per heavy atom. The van der Waals surface area contributed by atoms with E-state index < -0.39 is 6.23 Å². The van der Waals surface area contributed by atoms with E-state index in [2.05, 4.69) is 12.6 Å². The summed E-state index contributed by atoms with van der Waals surface area (Å²) in [6, 6.07) is 0. The SMILES string of the molecule is N[C@H](O)CCCCCCCCCCS. The Morgan fingerprint density at radius 1 is 0.857 bits per heavy atom. The molecule has 0 unspecified atom stereocenters. The number of aliphatic hydroxyl groups excluding tert-OH is 1. The van der Waals surface area contributed by atoms with Crippen molar-refractivity contribution in [1.29, 1.82) is 0 Å². The summed E-state index contributed by atoms with van der Waals surface area (Å²) in [4.78, 5) is 0. The molecule has 0 aromatic heterocycles. The van der Waals surface area contributed by atoms with Crippen molar-refractivity contribution in [2.24, 2.45) is 5.73 Å². The van der Waals surface area contributed by atoms with Crippen molar-refractivity contribution in [2.75, 3.05) is 5.75 Å². The van der Waals surface area contributed by atoms with Crippen LogP contribution in [0.5, 0.6) is 0 Å². The normalized spacial score (nSPS) is 13.1. The number of aliphatic hydroxyl groups is 1. The van der Waals surface area contributed by atoms with Crippen molar-refractivity contribution in [3.05, 3.63) is 0 Å². The Balaban J connectivity index is 2.85. The topological polar surface area (TPSA) is 46.2 Å². The van der Waals surface area contributed by atoms with Gasteiger partial charge in [-0.3, -0.25) is 0 Å². The van der Waals surface area contributed by atoms with Crippen molar-refractivity contribution in [3.8, 4) is 0 Å². The van der Waals surface area contributed by atoms with Crippen LogP contribution < -0.4 is 5.73 Å². The van der Waals surface area contributed by atoms with Crippen LogP contribution in [0.4, 0.5) is 0 Å². The summed E-state index contributed by atoms with van der Waals surface area (Å²) in [7, 11) is 0. The molecule has 14 heavy (non-hydrogen) atoms. The highest BCUT2D eigenvalue weighted by Crippen LogP contribution is 2.10. The summed E-state index contributed by atoms with van der Waals surface area (Å²) < 4.78 is 0. The van der Waals surface area contributed by atoms with E-state index in [9.17, 15) is 0 Å². The average molecular weight is 219 g/mol. The van der Waals surface area contributed by atoms with Crippen molar-refractivity contribution in [2.45, 2.75) is 64.0 Å². The smallest absolute Gasteiger partial charge is 0.102 e. The largest absolute Gasteiger partial charge is 0.379 e. The molecule has 86 valence electrons. The molecule has 0 aromatic rings. The number of nitrogens with two attached hydrogens (primary N) is 1. The molecule has 2 nitrogen and oxygen atoms in total. The molecule has 0 fully saturated rings. The maximum atomic E-state index is 8.82. The molecule has 0 radical (unpaired) electrons. The van der Waals surface area contributed by atoms with Crippen LogP contribution in [0.1, 0.15) is 57.8 Å². The molecule has 0 rings (SSSR count). The van der Waals surface area contributed by atoms with E-state index in [1.54, 1.807) is 0 Å². The molecule has 0 bridgehead atoms. The number of hydrogen-bond acceptors (Lipinski definition) is 3. The van der Waals surface area contributed by atoms with Crippen LogP contribution in [0.15, 0.2) is 0 Å². The van der Waals surface area contributed by atoms with E-state index in [1.807, 2.05) is 0 Å². The second kappa shape index (κ2) is 11.3. The number of thiol groups is 1. The van der Waals surface area contributed by atoms with E-state index in [0.29, 0.717) is 0 Å². The van der Waals surface area contributed by atoms with Crippen LogP contribution in [0.3, 0.4) is 0 Å². The minimum atomic E-state index is -0.606. The molecule has 0 saturated heterocycles. The Hall–Kier alpha value is 0.270. The Kier molecular flexibility index (Phi) is 11.6. The fourth-order valence-corrected chi connectivity index (χ4v) is 1.75. The fourth-order valence-electron chi connectivity index (χ4n) is 1.53. The molecule has 0 aromatic carbocycles. The van der Waals surface area contributed by atoms with Gasteiger partial charge in [0.1, 0.15) is 6.23 Å². The monoisotopic (exact) mass is 219 g/mol. The molecule has 0 aliphatic carbocycles. The third-order valence-electron chi connectivity index (χ3n) is 2.41. The van der Waals surface area contributed by atoms with Gasteiger partial charge in [0.25, 0.3) is 0 Å². The van der Waals surface area contributed by atoms with Gasteiger partial charge in [0, 0.05) is 0 Å². The Morgan fingerprint density at radius 2 is 1.29 bits per heavy atom. The molecule has 0 saturated carbocycles. The number of unbranched alkanes of at least 4 members (excludes halogenated alkanes) is 7. The van der Waals surface area contributed by atoms with E-state index >= 15 is 0 Å². The predicted molar refractivity (Wildman–Crippen MR) is 65.6 cm³/mol. The summed E-state index contributed by atoms with van der Waals surface area (Å²) in [5, 5.41) is 8.82. The minimum Gasteiger partial charge on any atom is -0.379 e. The maximum absolute atomic E-state index is 8.82. The third kappa shape index (κ3) is 12.3. The van der Waals surface area contributed by atoms with Crippen LogP contribution >= 0.6 is 12.6 Å². The van der Waals surface area contributed by atoms with Crippen molar-refractivity contribution >= 4 is 12.6 Å². The van der Waals surface area contributed by atoms with E-state index in [4.69, 9.17) is 10.8 Å². The highest BCUT2D eigenvalue weighted by molar-refractivity contribution is 7.80. The first kappa shape index (κ1) is 14.3. The van der Waals surface area contributed by atoms with Crippen LogP contribution in [-0.2, 0) is 0 Å². The quantitative estimate of drug-likeness (QED) is 0.300. The molecule has 3 heteroatoms. The lowest BCUT2D eigenvalue weighted by Gasteiger charge is -2.03. The second-order valence-corrected chi connectivity index (χ2v) is 4.36. The van der Waals surface area contributed by atoms with Gasteiger partial charge in [0.15, 0.2) is 0 Å². The summed E-state index contributed by atoms with van der Waals surface area (Å²) in [6.45, 7) is 0. The van der Waals surface area contributed by atoms with Crippen molar-refractivity contribution in [3.63, 3.8) is 0 Å². The molecule has 0 spiro atoms. The summed E-state index contributed by atoms with van der Waals surface area (Å²) >= 11 is 4.18. The lowest BCUT2D eigenvalue weighted by Crippen LogP contribution is -2.17. The lowest BCUT2D eigenvalue weighted by molar-refractivity contribution is 0.168. The van der Waals surface area contributed by atoms with Crippen LogP contribution in [-0.4, -0.2) is 17.1 Å². The maximum Gasteiger partial charge on any atom is 0.102 e. The zero-order chi connectivity index (χ0) is 10.6. The number of rotatable bonds is 10. The van der Waals surface area contributed by atoms with Crippen LogP contribution in [0.25, 0.3) is 0 Å². The van der Waals surface area contributed by atoms with Crippen LogP contribution in [0, 0.1) is 0 Å². The van der Waals surface area contributed by atoms with E-state index in [1.165, 1.54) is 44.9 Å². The van der Waals surface area contributed by atoms with Crippen molar-refractivity contribution < 1.29 is 5.11 Å². The molecule has 0 amide bonds. The van der Waals surface area contributed by atoms with Gasteiger partial charge in [-0.2, -0.15) is 12.6 Å².